The van der Waals surface area contributed by atoms with Crippen LogP contribution in [0.5, 0.6) is 11.5 Å². The zero-order chi connectivity index (χ0) is 20.8. The van der Waals surface area contributed by atoms with Crippen LogP contribution in [0.3, 0.4) is 0 Å². The fraction of sp³-hybridized carbons (Fsp3) is 0.318. The third-order valence-electron chi connectivity index (χ3n) is 4.55. The maximum atomic E-state index is 13.3. The molecule has 6 nitrogen and oxygen atoms in total. The van der Waals surface area contributed by atoms with Crippen LogP contribution >= 0.6 is 0 Å². The summed E-state index contributed by atoms with van der Waals surface area (Å²) in [6.07, 6.45) is 0. The second-order valence-electron chi connectivity index (χ2n) is 7.54. The zero-order valence-corrected chi connectivity index (χ0v) is 16.8. The lowest BCUT2D eigenvalue weighted by Gasteiger charge is -2.25. The second-order valence-corrected chi connectivity index (χ2v) is 7.54. The van der Waals surface area contributed by atoms with Crippen molar-refractivity contribution in [2.45, 2.75) is 33.3 Å². The van der Waals surface area contributed by atoms with E-state index in [1.165, 1.54) is 20.3 Å². The van der Waals surface area contributed by atoms with Gasteiger partial charge in [0.05, 0.1) is 19.8 Å². The van der Waals surface area contributed by atoms with Crippen molar-refractivity contribution < 1.29 is 28.6 Å². The van der Waals surface area contributed by atoms with Crippen molar-refractivity contribution in [3.8, 4) is 11.5 Å². The number of carbonyl (C=O) groups excluding carboxylic acids is 3. The van der Waals surface area contributed by atoms with Crippen LogP contribution in [0.1, 0.15) is 68.5 Å². The van der Waals surface area contributed by atoms with Gasteiger partial charge in [-0.2, -0.15) is 0 Å². The number of esters is 1. The molecule has 6 heteroatoms. The van der Waals surface area contributed by atoms with Crippen molar-refractivity contribution in [2.75, 3.05) is 14.2 Å². The molecule has 0 bridgehead atoms. The molecule has 0 aliphatic heterocycles. The van der Waals surface area contributed by atoms with E-state index in [1.807, 2.05) is 0 Å². The van der Waals surface area contributed by atoms with Crippen molar-refractivity contribution in [3.63, 3.8) is 0 Å². The summed E-state index contributed by atoms with van der Waals surface area (Å²) in [6, 6.07) is 6.31. The molecule has 0 spiro atoms. The predicted molar refractivity (Wildman–Crippen MR) is 103 cm³/mol. The van der Waals surface area contributed by atoms with Gasteiger partial charge < -0.3 is 14.2 Å². The number of rotatable bonds is 3. The first-order chi connectivity index (χ1) is 13.1. The van der Waals surface area contributed by atoms with E-state index < -0.39 is 11.6 Å². The van der Waals surface area contributed by atoms with Crippen LogP contribution in [-0.2, 0) is 4.74 Å². The van der Waals surface area contributed by atoms with Gasteiger partial charge in [-0.15, -0.1) is 0 Å². The summed E-state index contributed by atoms with van der Waals surface area (Å²) in [5, 5.41) is 0. The Morgan fingerprint density at radius 2 is 1.54 bits per heavy atom. The van der Waals surface area contributed by atoms with E-state index in [0.29, 0.717) is 11.3 Å². The molecule has 0 amide bonds. The molecule has 2 aromatic carbocycles. The summed E-state index contributed by atoms with van der Waals surface area (Å²) in [5.74, 6) is -0.795. The summed E-state index contributed by atoms with van der Waals surface area (Å²) < 4.78 is 16.1. The molecule has 0 atom stereocenters. The number of hydrogen-bond acceptors (Lipinski definition) is 6. The van der Waals surface area contributed by atoms with E-state index in [-0.39, 0.29) is 45.1 Å². The van der Waals surface area contributed by atoms with E-state index in [0.717, 1.165) is 0 Å². The minimum atomic E-state index is -0.722. The molecular weight excluding hydrogens is 360 g/mol. The predicted octanol–water partition coefficient (Wildman–Crippen LogP) is 3.74. The molecule has 0 aromatic heterocycles. The molecule has 3 rings (SSSR count). The van der Waals surface area contributed by atoms with E-state index in [1.54, 1.807) is 45.9 Å². The Morgan fingerprint density at radius 1 is 0.893 bits per heavy atom. The summed E-state index contributed by atoms with van der Waals surface area (Å²) in [4.78, 5) is 39.1. The van der Waals surface area contributed by atoms with Gasteiger partial charge in [-0.25, -0.2) is 4.79 Å². The summed E-state index contributed by atoms with van der Waals surface area (Å²) in [5.41, 5.74) is 0.597. The fourth-order valence-corrected chi connectivity index (χ4v) is 3.40. The molecule has 0 fully saturated rings. The van der Waals surface area contributed by atoms with Crippen molar-refractivity contribution in [3.05, 3.63) is 57.6 Å². The van der Waals surface area contributed by atoms with Crippen LogP contribution in [0.4, 0.5) is 0 Å². The monoisotopic (exact) mass is 382 g/mol. The lowest BCUT2D eigenvalue weighted by atomic mass is 9.80. The average Bonchev–Trinajstić information content (AvgIpc) is 2.62. The van der Waals surface area contributed by atoms with Crippen LogP contribution in [0.15, 0.2) is 24.3 Å². The zero-order valence-electron chi connectivity index (χ0n) is 16.8. The molecule has 28 heavy (non-hydrogen) atoms. The highest BCUT2D eigenvalue weighted by molar-refractivity contribution is 6.30. The van der Waals surface area contributed by atoms with Gasteiger partial charge in [-0.3, -0.25) is 9.59 Å². The minimum absolute atomic E-state index is 0.135. The molecule has 0 radical (unpaired) electrons. The van der Waals surface area contributed by atoms with E-state index in [9.17, 15) is 14.4 Å². The summed E-state index contributed by atoms with van der Waals surface area (Å²) in [6.45, 7) is 6.87. The molecule has 0 unspecified atom stereocenters. The Bertz CT molecular complexity index is 1010. The Morgan fingerprint density at radius 3 is 2.11 bits per heavy atom. The van der Waals surface area contributed by atoms with E-state index in [2.05, 4.69) is 0 Å². The van der Waals surface area contributed by atoms with Gasteiger partial charge in [-0.05, 0) is 45.4 Å². The summed E-state index contributed by atoms with van der Waals surface area (Å²) >= 11 is 0. The number of fused-ring (bicyclic) bond motifs is 2. The molecule has 0 saturated carbocycles. The van der Waals surface area contributed by atoms with Gasteiger partial charge in [0.15, 0.2) is 11.6 Å². The van der Waals surface area contributed by atoms with Crippen molar-refractivity contribution in [1.82, 2.24) is 0 Å². The van der Waals surface area contributed by atoms with E-state index in [4.69, 9.17) is 14.2 Å². The van der Waals surface area contributed by atoms with Crippen LogP contribution in [0.2, 0.25) is 0 Å². The highest BCUT2D eigenvalue weighted by Gasteiger charge is 2.37. The lowest BCUT2D eigenvalue weighted by Crippen LogP contribution is -2.27. The Kier molecular flexibility index (Phi) is 4.75. The quantitative estimate of drug-likeness (QED) is 0.642. The maximum Gasteiger partial charge on any atom is 0.342 e. The first-order valence-electron chi connectivity index (χ1n) is 8.82. The Labute approximate surface area is 163 Å². The van der Waals surface area contributed by atoms with Gasteiger partial charge in [0.25, 0.3) is 0 Å². The van der Waals surface area contributed by atoms with E-state index >= 15 is 0 Å². The average molecular weight is 382 g/mol. The minimum Gasteiger partial charge on any atom is -0.496 e. The third-order valence-corrected chi connectivity index (χ3v) is 4.55. The molecule has 1 aliphatic rings. The number of methoxy groups -OCH3 is 2. The lowest BCUT2D eigenvalue weighted by molar-refractivity contribution is 0.00655. The number of benzene rings is 2. The van der Waals surface area contributed by atoms with Crippen molar-refractivity contribution in [2.24, 2.45) is 0 Å². The number of carbonyl (C=O) groups is 3. The van der Waals surface area contributed by atoms with Crippen LogP contribution in [0.25, 0.3) is 0 Å². The van der Waals surface area contributed by atoms with Gasteiger partial charge >= 0.3 is 5.97 Å². The van der Waals surface area contributed by atoms with Gasteiger partial charge in [0, 0.05) is 16.7 Å². The van der Waals surface area contributed by atoms with Gasteiger partial charge in [-0.1, -0.05) is 12.1 Å². The largest absolute Gasteiger partial charge is 0.496 e. The molecule has 146 valence electrons. The van der Waals surface area contributed by atoms with Crippen LogP contribution in [-0.4, -0.2) is 37.4 Å². The van der Waals surface area contributed by atoms with Crippen LogP contribution in [0, 0.1) is 6.92 Å². The first-order valence-corrected chi connectivity index (χ1v) is 8.82. The normalized spacial score (nSPS) is 12.9. The van der Waals surface area contributed by atoms with Crippen LogP contribution < -0.4 is 9.47 Å². The SMILES string of the molecule is COc1cccc2c1C(=O)c1c(cc(OC)c(C(=O)OC(C)(C)C)c1C)C2=O. The third kappa shape index (κ3) is 3.05. The number of ether oxygens (including phenoxy) is 3. The maximum absolute atomic E-state index is 13.3. The molecule has 1 aliphatic carbocycles. The number of ketones is 2. The topological polar surface area (TPSA) is 78.9 Å². The second kappa shape index (κ2) is 6.78. The summed E-state index contributed by atoms with van der Waals surface area (Å²) in [7, 11) is 2.84. The molecule has 0 heterocycles. The van der Waals surface area contributed by atoms with Gasteiger partial charge in [0.1, 0.15) is 22.7 Å². The molecule has 0 saturated heterocycles. The smallest absolute Gasteiger partial charge is 0.342 e. The first kappa shape index (κ1) is 19.6. The van der Waals surface area contributed by atoms with Crippen molar-refractivity contribution >= 4 is 17.5 Å². The standard InChI is InChI=1S/C22H22O6/c1-11-16-13(10-15(27-6)17(11)21(25)28-22(2,3)4)19(23)12-8-7-9-14(26-5)18(12)20(16)24/h7-10H,1-6H3. The number of hydrogen-bond donors (Lipinski definition) is 0. The van der Waals surface area contributed by atoms with Crippen molar-refractivity contribution in [1.29, 1.82) is 0 Å². The highest BCUT2D eigenvalue weighted by Crippen LogP contribution is 2.39. The molecule has 0 N–H and O–H groups in total. The Balaban J connectivity index is 2.28. The fourth-order valence-electron chi connectivity index (χ4n) is 3.40. The molecule has 2 aromatic rings. The van der Waals surface area contributed by atoms with Gasteiger partial charge in [0.2, 0.25) is 0 Å². The molecular formula is C22H22O6. The highest BCUT2D eigenvalue weighted by atomic mass is 16.6. The Hall–Kier alpha value is -3.15.